The number of esters is 9. The van der Waals surface area contributed by atoms with E-state index in [1.54, 1.807) is 69.2 Å². The molecule has 1 N–H and O–H groups in total. The number of aliphatic hydroxyl groups is 1. The fraction of sp³-hybridized carbons (Fsp3) is 0.763. The number of aliphatic hydroxyl groups excluding tert-OH is 1. The van der Waals surface area contributed by atoms with Crippen LogP contribution in [0.1, 0.15) is 132 Å². The number of hydrogen-bond acceptors (Lipinski definition) is 19. The Morgan fingerprint density at radius 1 is 0.246 bits per heavy atom. The van der Waals surface area contributed by atoms with Crippen molar-refractivity contribution in [3.63, 3.8) is 0 Å². The van der Waals surface area contributed by atoms with Crippen molar-refractivity contribution in [2.75, 3.05) is 66.1 Å². The summed E-state index contributed by atoms with van der Waals surface area (Å²) < 4.78 is 39.6. The molecule has 0 fully saturated rings. The highest BCUT2D eigenvalue weighted by Crippen LogP contribution is 1.74. The number of rotatable bonds is 9. The van der Waals surface area contributed by atoms with Crippen LogP contribution < -0.4 is 0 Å². The summed E-state index contributed by atoms with van der Waals surface area (Å²) >= 11 is 0. The van der Waals surface area contributed by atoms with E-state index in [0.29, 0.717) is 59.5 Å². The van der Waals surface area contributed by atoms with E-state index in [2.05, 4.69) is 42.6 Å². The summed E-state index contributed by atoms with van der Waals surface area (Å²) in [4.78, 5) is 88.4. The van der Waals surface area contributed by atoms with Gasteiger partial charge in [0.05, 0.1) is 59.5 Å². The average molecular weight is 839 g/mol. The van der Waals surface area contributed by atoms with Crippen LogP contribution in [0.15, 0.2) is 0 Å². The van der Waals surface area contributed by atoms with E-state index < -0.39 is 0 Å². The minimum atomic E-state index is -0.211. The molecule has 0 radical (unpaired) electrons. The lowest BCUT2D eigenvalue weighted by molar-refractivity contribution is -0.141. The quantitative estimate of drug-likeness (QED) is 0.233. The van der Waals surface area contributed by atoms with Crippen molar-refractivity contribution < 1.29 is 90.9 Å². The van der Waals surface area contributed by atoms with Gasteiger partial charge >= 0.3 is 53.7 Å². The molecule has 0 atom stereocenters. The van der Waals surface area contributed by atoms with Gasteiger partial charge in [0, 0.05) is 68.9 Å². The van der Waals surface area contributed by atoms with Crippen LogP contribution in [0.4, 0.5) is 0 Å². The van der Waals surface area contributed by atoms with Crippen LogP contribution in [-0.4, -0.2) is 125 Å². The molecular weight excluding hydrogens is 760 g/mol. The summed E-state index contributed by atoms with van der Waals surface area (Å²) in [6.07, 6.45) is 0. The smallest absolute Gasteiger partial charge is 0.302 e. The highest BCUT2D eigenvalue weighted by Gasteiger charge is 1.85. The molecule has 0 aromatic rings. The van der Waals surface area contributed by atoms with Gasteiger partial charge in [-0.1, -0.05) is 0 Å². The van der Waals surface area contributed by atoms with Crippen molar-refractivity contribution in [3.8, 4) is 0 Å². The fourth-order valence-corrected chi connectivity index (χ4v) is 1.83. The van der Waals surface area contributed by atoms with Crippen molar-refractivity contribution >= 4 is 53.7 Å². The van der Waals surface area contributed by atoms with E-state index in [9.17, 15) is 43.2 Å². The molecule has 19 heteroatoms. The van der Waals surface area contributed by atoms with Crippen molar-refractivity contribution in [2.45, 2.75) is 132 Å². The molecule has 344 valence electrons. The third kappa shape index (κ3) is 252. The van der Waals surface area contributed by atoms with Gasteiger partial charge in [-0.2, -0.15) is 0 Å². The number of ether oxygens (including phenoxy) is 9. The Bertz CT molecular complexity index is 692. The summed E-state index contributed by atoms with van der Waals surface area (Å²) in [5.74, 6) is -1.90. The molecule has 19 nitrogen and oxygen atoms in total. The Labute approximate surface area is 342 Å². The zero-order valence-electron chi connectivity index (χ0n) is 38.4. The van der Waals surface area contributed by atoms with Gasteiger partial charge in [0.25, 0.3) is 0 Å². The minimum absolute atomic E-state index is 0.211. The maximum absolute atomic E-state index is 9.82. The fourth-order valence-electron chi connectivity index (χ4n) is 1.83. The molecule has 0 aliphatic carbocycles. The van der Waals surface area contributed by atoms with Gasteiger partial charge in [0.15, 0.2) is 0 Å². The standard InChI is InChI=1S/9C4H8O2.C2H6O/c9*1-3-6-4(2)5;1-2-3/h9*3H2,1-2H3;3H,2H2,1H3. The molecule has 0 spiro atoms. The summed E-state index contributed by atoms with van der Waals surface area (Å²) in [6.45, 7) is 34.8. The zero-order valence-corrected chi connectivity index (χ0v) is 38.4. The molecule has 0 heterocycles. The highest BCUT2D eigenvalue weighted by atomic mass is 16.6. The van der Waals surface area contributed by atoms with Gasteiger partial charge in [-0.15, -0.1) is 0 Å². The molecule has 0 rings (SSSR count). The molecule has 0 saturated heterocycles. The van der Waals surface area contributed by atoms with Crippen molar-refractivity contribution in [1.82, 2.24) is 0 Å². The van der Waals surface area contributed by atoms with E-state index in [0.717, 1.165) is 0 Å². The lowest BCUT2D eigenvalue weighted by Gasteiger charge is -1.89. The second-order valence-electron chi connectivity index (χ2n) is 8.64. The SMILES string of the molecule is CCO.CCOC(C)=O.CCOC(C)=O.CCOC(C)=O.CCOC(C)=O.CCOC(C)=O.CCOC(C)=O.CCOC(C)=O.CCOC(C)=O.CCOC(C)=O. The van der Waals surface area contributed by atoms with Crippen LogP contribution >= 0.6 is 0 Å². The molecule has 0 aliphatic heterocycles. The number of carbonyl (C=O) groups excluding carboxylic acids is 9. The predicted molar refractivity (Wildman–Crippen MR) is 214 cm³/mol. The van der Waals surface area contributed by atoms with Crippen molar-refractivity contribution in [2.24, 2.45) is 0 Å². The molecule has 0 unspecified atom stereocenters. The predicted octanol–water partition coefficient (Wildman–Crippen LogP) is 5.12. The Kier molecular flexibility index (Phi) is 102. The van der Waals surface area contributed by atoms with Crippen LogP contribution in [0.3, 0.4) is 0 Å². The molecule has 0 bridgehead atoms. The summed E-state index contributed by atoms with van der Waals surface area (Å²) in [5.41, 5.74) is 0. The first-order valence-corrected chi connectivity index (χ1v) is 18.2. The highest BCUT2D eigenvalue weighted by molar-refractivity contribution is 5.68. The normalized spacial score (nSPS) is 7.58. The summed E-state index contributed by atoms with van der Waals surface area (Å²) in [6, 6.07) is 0. The Morgan fingerprint density at radius 2 is 0.298 bits per heavy atom. The second-order valence-corrected chi connectivity index (χ2v) is 8.64. The van der Waals surface area contributed by atoms with Gasteiger partial charge in [0.2, 0.25) is 0 Å². The molecule has 0 aliphatic rings. The average Bonchev–Trinajstić information content (AvgIpc) is 3.03. The first-order chi connectivity index (χ1) is 26.3. The Hall–Kier alpha value is -4.81. The maximum atomic E-state index is 9.82. The Balaban J connectivity index is -0.0000000540. The third-order valence-corrected chi connectivity index (χ3v) is 3.13. The van der Waals surface area contributed by atoms with E-state index in [4.69, 9.17) is 5.11 Å². The monoisotopic (exact) mass is 839 g/mol. The first-order valence-electron chi connectivity index (χ1n) is 18.2. The molecule has 57 heavy (non-hydrogen) atoms. The van der Waals surface area contributed by atoms with Crippen molar-refractivity contribution in [3.05, 3.63) is 0 Å². The van der Waals surface area contributed by atoms with Gasteiger partial charge < -0.3 is 47.7 Å². The largest absolute Gasteiger partial charge is 0.466 e. The van der Waals surface area contributed by atoms with E-state index in [1.807, 2.05) is 0 Å². The van der Waals surface area contributed by atoms with E-state index >= 15 is 0 Å². The molecular formula is C38H78O19. The van der Waals surface area contributed by atoms with Gasteiger partial charge in [-0.3, -0.25) is 43.2 Å². The van der Waals surface area contributed by atoms with Crippen LogP contribution in [0.5, 0.6) is 0 Å². The lowest BCUT2D eigenvalue weighted by atomic mass is 10.8. The topological polar surface area (TPSA) is 257 Å². The van der Waals surface area contributed by atoms with Crippen LogP contribution in [-0.2, 0) is 85.8 Å². The van der Waals surface area contributed by atoms with Crippen molar-refractivity contribution in [1.29, 1.82) is 0 Å². The third-order valence-electron chi connectivity index (χ3n) is 3.13. The maximum Gasteiger partial charge on any atom is 0.302 e. The molecule has 0 amide bonds. The van der Waals surface area contributed by atoms with Crippen LogP contribution in [0, 0.1) is 0 Å². The van der Waals surface area contributed by atoms with E-state index in [1.165, 1.54) is 62.3 Å². The number of hydrogen-bond donors (Lipinski definition) is 1. The minimum Gasteiger partial charge on any atom is -0.466 e. The molecule has 0 aromatic carbocycles. The first kappa shape index (κ1) is 76.8. The Morgan fingerprint density at radius 3 is 0.298 bits per heavy atom. The van der Waals surface area contributed by atoms with Crippen LogP contribution in [0.2, 0.25) is 0 Å². The van der Waals surface area contributed by atoms with Crippen LogP contribution in [0.25, 0.3) is 0 Å². The molecule has 0 aromatic heterocycles. The van der Waals surface area contributed by atoms with Gasteiger partial charge in [-0.25, -0.2) is 0 Å². The van der Waals surface area contributed by atoms with E-state index in [-0.39, 0.29) is 60.3 Å². The lowest BCUT2D eigenvalue weighted by Crippen LogP contribution is -1.95. The number of carbonyl (C=O) groups is 9. The second kappa shape index (κ2) is 76.0. The summed E-state index contributed by atoms with van der Waals surface area (Å²) in [7, 11) is 0. The molecule has 0 saturated carbocycles. The summed E-state index contributed by atoms with van der Waals surface area (Å²) in [5, 5.41) is 7.57. The van der Waals surface area contributed by atoms with Gasteiger partial charge in [0.1, 0.15) is 0 Å². The zero-order chi connectivity index (χ0) is 47.6. The van der Waals surface area contributed by atoms with Gasteiger partial charge in [-0.05, 0) is 69.2 Å².